The molecule has 0 unspecified atom stereocenters. The molecule has 2 heterocycles. The molecule has 1 aromatic rings. The van der Waals surface area contributed by atoms with Crippen LogP contribution in [0.25, 0.3) is 0 Å². The van der Waals surface area contributed by atoms with Gasteiger partial charge in [0.25, 0.3) is 5.91 Å². The third-order valence-corrected chi connectivity index (χ3v) is 2.70. The fourth-order valence-corrected chi connectivity index (χ4v) is 1.78. The van der Waals surface area contributed by atoms with Gasteiger partial charge in [0, 0.05) is 25.7 Å². The maximum Gasteiger partial charge on any atom is 0.291 e. The third kappa shape index (κ3) is 1.87. The highest BCUT2D eigenvalue weighted by atomic mass is 16.3. The van der Waals surface area contributed by atoms with Crippen molar-refractivity contribution in [2.45, 2.75) is 19.9 Å². The van der Waals surface area contributed by atoms with Gasteiger partial charge in [0.1, 0.15) is 0 Å². The zero-order valence-corrected chi connectivity index (χ0v) is 8.99. The Hall–Kier alpha value is -1.36. The van der Waals surface area contributed by atoms with E-state index in [0.29, 0.717) is 11.5 Å². The second-order valence-corrected chi connectivity index (χ2v) is 3.82. The Balaban J connectivity index is 2.17. The summed E-state index contributed by atoms with van der Waals surface area (Å²) in [6, 6.07) is 0.204. The first kappa shape index (κ1) is 10.2. The molecule has 0 aliphatic carbocycles. The molecule has 0 aromatic carbocycles. The van der Waals surface area contributed by atoms with E-state index in [1.165, 1.54) is 6.39 Å². The van der Waals surface area contributed by atoms with E-state index >= 15 is 0 Å². The molecule has 2 rings (SSSR count). The molecule has 1 N–H and O–H groups in total. The molecule has 15 heavy (non-hydrogen) atoms. The summed E-state index contributed by atoms with van der Waals surface area (Å²) in [5, 5.41) is 3.24. The number of rotatable bonds is 1. The number of hydrogen-bond donors (Lipinski definition) is 1. The fourth-order valence-electron chi connectivity index (χ4n) is 1.78. The average Bonchev–Trinajstić information content (AvgIpc) is 2.64. The standard InChI is InChI=1S/C10H15N3O2/c1-7-5-11-3-4-13(7)10(14)9-8(2)12-6-15-9/h6-7,11H,3-5H2,1-2H3/t7-/m0/s1. The lowest BCUT2D eigenvalue weighted by Crippen LogP contribution is -2.52. The number of carbonyl (C=O) groups is 1. The molecule has 1 aliphatic rings. The summed E-state index contributed by atoms with van der Waals surface area (Å²) in [6.07, 6.45) is 1.31. The lowest BCUT2D eigenvalue weighted by atomic mass is 10.2. The number of amides is 1. The summed E-state index contributed by atoms with van der Waals surface area (Å²) in [5.41, 5.74) is 0.658. The van der Waals surface area contributed by atoms with E-state index in [1.807, 2.05) is 11.8 Å². The molecule has 1 amide bonds. The smallest absolute Gasteiger partial charge is 0.291 e. The number of nitrogens with one attached hydrogen (secondary N) is 1. The monoisotopic (exact) mass is 209 g/mol. The van der Waals surface area contributed by atoms with Gasteiger partial charge in [-0.2, -0.15) is 0 Å². The van der Waals surface area contributed by atoms with Crippen LogP contribution in [0.15, 0.2) is 10.8 Å². The number of nitrogens with zero attached hydrogens (tertiary/aromatic N) is 2. The van der Waals surface area contributed by atoms with E-state index in [9.17, 15) is 4.79 Å². The van der Waals surface area contributed by atoms with Crippen molar-refractivity contribution in [2.24, 2.45) is 0 Å². The lowest BCUT2D eigenvalue weighted by Gasteiger charge is -2.33. The Labute approximate surface area is 88.5 Å². The lowest BCUT2D eigenvalue weighted by molar-refractivity contribution is 0.0622. The summed E-state index contributed by atoms with van der Waals surface area (Å²) in [6.45, 7) is 6.20. The van der Waals surface area contributed by atoms with Gasteiger partial charge in [-0.15, -0.1) is 0 Å². The molecule has 0 radical (unpaired) electrons. The molecule has 0 bridgehead atoms. The molecule has 5 heteroatoms. The first-order valence-corrected chi connectivity index (χ1v) is 5.12. The Bertz CT molecular complexity index is 361. The van der Waals surface area contributed by atoms with E-state index < -0.39 is 0 Å². The maximum atomic E-state index is 12.1. The topological polar surface area (TPSA) is 58.4 Å². The molecular formula is C10H15N3O2. The van der Waals surface area contributed by atoms with Crippen molar-refractivity contribution in [2.75, 3.05) is 19.6 Å². The van der Waals surface area contributed by atoms with E-state index in [4.69, 9.17) is 4.42 Å². The number of oxazole rings is 1. The first-order valence-electron chi connectivity index (χ1n) is 5.12. The predicted octanol–water partition coefficient (Wildman–Crippen LogP) is 0.417. The summed E-state index contributed by atoms with van der Waals surface area (Å²) in [4.78, 5) is 17.8. The van der Waals surface area contributed by atoms with Gasteiger partial charge >= 0.3 is 0 Å². The first-order chi connectivity index (χ1) is 7.20. The van der Waals surface area contributed by atoms with Crippen molar-refractivity contribution in [1.82, 2.24) is 15.2 Å². The summed E-state index contributed by atoms with van der Waals surface area (Å²) < 4.78 is 5.10. The van der Waals surface area contributed by atoms with Gasteiger partial charge in [0.05, 0.1) is 5.69 Å². The molecule has 1 fully saturated rings. The summed E-state index contributed by atoms with van der Waals surface area (Å²) in [5.74, 6) is 0.308. The second-order valence-electron chi connectivity index (χ2n) is 3.82. The van der Waals surface area contributed by atoms with Crippen LogP contribution >= 0.6 is 0 Å². The van der Waals surface area contributed by atoms with Crippen LogP contribution in [0.1, 0.15) is 23.2 Å². The van der Waals surface area contributed by atoms with Crippen molar-refractivity contribution >= 4 is 5.91 Å². The molecule has 0 spiro atoms. The van der Waals surface area contributed by atoms with Crippen molar-refractivity contribution in [1.29, 1.82) is 0 Å². The van der Waals surface area contributed by atoms with Gasteiger partial charge in [-0.05, 0) is 13.8 Å². The molecule has 5 nitrogen and oxygen atoms in total. The second kappa shape index (κ2) is 4.02. The van der Waals surface area contributed by atoms with E-state index in [-0.39, 0.29) is 11.9 Å². The minimum absolute atomic E-state index is 0.0565. The molecule has 0 saturated carbocycles. The van der Waals surface area contributed by atoms with Gasteiger partial charge in [-0.25, -0.2) is 4.98 Å². The number of piperazine rings is 1. The average molecular weight is 209 g/mol. The molecule has 82 valence electrons. The van der Waals surface area contributed by atoms with Gasteiger partial charge < -0.3 is 14.6 Å². The van der Waals surface area contributed by atoms with Crippen molar-refractivity contribution in [3.63, 3.8) is 0 Å². The van der Waals surface area contributed by atoms with Crippen LogP contribution in [0.4, 0.5) is 0 Å². The van der Waals surface area contributed by atoms with Crippen LogP contribution in [0.3, 0.4) is 0 Å². The highest BCUT2D eigenvalue weighted by Crippen LogP contribution is 2.12. The predicted molar refractivity (Wildman–Crippen MR) is 54.6 cm³/mol. The van der Waals surface area contributed by atoms with Gasteiger partial charge in [-0.3, -0.25) is 4.79 Å². The SMILES string of the molecule is Cc1ncoc1C(=O)N1CCNC[C@@H]1C. The maximum absolute atomic E-state index is 12.1. The van der Waals surface area contributed by atoms with Crippen LogP contribution in [-0.4, -0.2) is 41.5 Å². The van der Waals surface area contributed by atoms with Crippen LogP contribution in [0, 0.1) is 6.92 Å². The van der Waals surface area contributed by atoms with Crippen molar-refractivity contribution in [3.05, 3.63) is 17.8 Å². The number of carbonyl (C=O) groups excluding carboxylic acids is 1. The van der Waals surface area contributed by atoms with E-state index in [0.717, 1.165) is 19.6 Å². The minimum atomic E-state index is -0.0565. The molecule has 1 atom stereocenters. The Morgan fingerprint density at radius 2 is 2.53 bits per heavy atom. The molecular weight excluding hydrogens is 194 g/mol. The quantitative estimate of drug-likeness (QED) is 0.728. The molecule has 1 saturated heterocycles. The largest absolute Gasteiger partial charge is 0.438 e. The van der Waals surface area contributed by atoms with Gasteiger partial charge in [0.2, 0.25) is 5.76 Å². The molecule has 1 aliphatic heterocycles. The zero-order valence-electron chi connectivity index (χ0n) is 8.99. The van der Waals surface area contributed by atoms with Gasteiger partial charge in [0.15, 0.2) is 6.39 Å². The van der Waals surface area contributed by atoms with Crippen LogP contribution in [0.2, 0.25) is 0 Å². The van der Waals surface area contributed by atoms with Crippen molar-refractivity contribution in [3.8, 4) is 0 Å². The minimum Gasteiger partial charge on any atom is -0.438 e. The Kier molecular flexibility index (Phi) is 2.73. The fraction of sp³-hybridized carbons (Fsp3) is 0.600. The van der Waals surface area contributed by atoms with Crippen LogP contribution in [0.5, 0.6) is 0 Å². The zero-order chi connectivity index (χ0) is 10.8. The van der Waals surface area contributed by atoms with Crippen LogP contribution in [-0.2, 0) is 0 Å². The molecule has 1 aromatic heterocycles. The summed E-state index contributed by atoms with van der Waals surface area (Å²) >= 11 is 0. The number of aromatic nitrogens is 1. The number of hydrogen-bond acceptors (Lipinski definition) is 4. The highest BCUT2D eigenvalue weighted by molar-refractivity contribution is 5.92. The summed E-state index contributed by atoms with van der Waals surface area (Å²) in [7, 11) is 0. The number of aryl methyl sites for hydroxylation is 1. The normalized spacial score (nSPS) is 21.7. The third-order valence-electron chi connectivity index (χ3n) is 2.70. The Morgan fingerprint density at radius 3 is 3.13 bits per heavy atom. The Morgan fingerprint density at radius 1 is 1.73 bits per heavy atom. The van der Waals surface area contributed by atoms with Crippen LogP contribution < -0.4 is 5.32 Å². The highest BCUT2D eigenvalue weighted by Gasteiger charge is 2.27. The van der Waals surface area contributed by atoms with E-state index in [2.05, 4.69) is 10.3 Å². The van der Waals surface area contributed by atoms with Crippen molar-refractivity contribution < 1.29 is 9.21 Å². The van der Waals surface area contributed by atoms with Gasteiger partial charge in [-0.1, -0.05) is 0 Å². The van der Waals surface area contributed by atoms with E-state index in [1.54, 1.807) is 6.92 Å².